The molecule has 1 amide bonds. The molecule has 1 aromatic heterocycles. The van der Waals surface area contributed by atoms with Crippen molar-refractivity contribution >= 4 is 29.0 Å². The summed E-state index contributed by atoms with van der Waals surface area (Å²) in [5, 5.41) is 5.28. The van der Waals surface area contributed by atoms with Gasteiger partial charge in [0.2, 0.25) is 11.8 Å². The maximum Gasteiger partial charge on any atom is 0.239 e. The third-order valence-corrected chi connectivity index (χ3v) is 3.93. The van der Waals surface area contributed by atoms with Crippen molar-refractivity contribution in [2.24, 2.45) is 0 Å². The lowest BCUT2D eigenvalue weighted by Crippen LogP contribution is -2.12. The smallest absolute Gasteiger partial charge is 0.239 e. The predicted molar refractivity (Wildman–Crippen MR) is 102 cm³/mol. The predicted octanol–water partition coefficient (Wildman–Crippen LogP) is 4.48. The average Bonchev–Trinajstić information content (AvgIpc) is 2.71. The maximum atomic E-state index is 13.7. The first-order chi connectivity index (χ1) is 14.0. The minimum absolute atomic E-state index is 0.142. The van der Waals surface area contributed by atoms with Crippen LogP contribution in [0.2, 0.25) is 0 Å². The van der Waals surface area contributed by atoms with Crippen molar-refractivity contribution in [2.45, 2.75) is 6.54 Å². The topological polar surface area (TPSA) is 76.1 Å². The van der Waals surface area contributed by atoms with E-state index in [1.54, 1.807) is 24.3 Å². The molecule has 3 aromatic rings. The molecule has 0 aliphatic heterocycles. The normalized spacial score (nSPS) is 10.5. The first-order valence-corrected chi connectivity index (χ1v) is 8.81. The van der Waals surface area contributed by atoms with E-state index in [9.17, 15) is 18.0 Å². The molecule has 3 rings (SSSR count). The number of amides is 1. The van der Waals surface area contributed by atoms with Crippen LogP contribution in [0.25, 0.3) is 0 Å². The molecule has 0 atom stereocenters. The third-order valence-electron chi connectivity index (χ3n) is 3.69. The van der Waals surface area contributed by atoms with Crippen LogP contribution in [0.5, 0.6) is 11.6 Å². The number of ether oxygens (including phenoxy) is 1. The Morgan fingerprint density at radius 3 is 2.66 bits per heavy atom. The van der Waals surface area contributed by atoms with Gasteiger partial charge < -0.3 is 15.4 Å². The Hall–Kier alpha value is -3.33. The van der Waals surface area contributed by atoms with Gasteiger partial charge in [0.25, 0.3) is 0 Å². The summed E-state index contributed by atoms with van der Waals surface area (Å²) in [6, 6.07) is 9.50. The molecule has 0 spiro atoms. The molecule has 0 aliphatic rings. The molecule has 0 radical (unpaired) electrons. The van der Waals surface area contributed by atoms with E-state index in [2.05, 4.69) is 20.6 Å². The van der Waals surface area contributed by atoms with E-state index in [0.29, 0.717) is 17.5 Å². The highest BCUT2D eigenvalue weighted by atomic mass is 35.5. The van der Waals surface area contributed by atoms with E-state index in [0.717, 1.165) is 6.07 Å². The van der Waals surface area contributed by atoms with Crippen molar-refractivity contribution in [3.8, 4) is 11.6 Å². The summed E-state index contributed by atoms with van der Waals surface area (Å²) in [6.45, 7) is -0.328. The standard InChI is InChI=1S/C19H14ClF3N4O2/c20-8-17(28)27-11-2-1-3-12(6-11)29-18-7-16(25-10-26-18)24-9-13-14(21)4-5-15(22)19(13)23/h1-7,10H,8-9H2,(H,27,28)(H,24,25,26). The lowest BCUT2D eigenvalue weighted by molar-refractivity contribution is -0.113. The molecule has 0 fully saturated rings. The number of rotatable bonds is 7. The zero-order chi connectivity index (χ0) is 20.8. The Morgan fingerprint density at radius 2 is 1.86 bits per heavy atom. The Morgan fingerprint density at radius 1 is 1.07 bits per heavy atom. The first kappa shape index (κ1) is 20.4. The highest BCUT2D eigenvalue weighted by molar-refractivity contribution is 6.29. The van der Waals surface area contributed by atoms with Crippen LogP contribution in [0.4, 0.5) is 24.7 Å². The lowest BCUT2D eigenvalue weighted by atomic mass is 10.2. The summed E-state index contributed by atoms with van der Waals surface area (Å²) in [4.78, 5) is 19.3. The summed E-state index contributed by atoms with van der Waals surface area (Å²) < 4.78 is 46.3. The van der Waals surface area contributed by atoms with E-state index in [1.807, 2.05) is 0 Å². The number of hydrogen-bond donors (Lipinski definition) is 2. The van der Waals surface area contributed by atoms with E-state index in [-0.39, 0.29) is 30.0 Å². The number of carbonyl (C=O) groups excluding carboxylic acids is 1. The number of halogens is 4. The highest BCUT2D eigenvalue weighted by Gasteiger charge is 2.14. The van der Waals surface area contributed by atoms with Gasteiger partial charge in [-0.3, -0.25) is 4.79 Å². The van der Waals surface area contributed by atoms with Crippen molar-refractivity contribution in [1.82, 2.24) is 9.97 Å². The van der Waals surface area contributed by atoms with Gasteiger partial charge in [0.15, 0.2) is 11.6 Å². The Balaban J connectivity index is 1.70. The Bertz CT molecular complexity index is 1040. The average molecular weight is 423 g/mol. The van der Waals surface area contributed by atoms with Crippen LogP contribution in [-0.4, -0.2) is 21.8 Å². The number of alkyl halides is 1. The van der Waals surface area contributed by atoms with Gasteiger partial charge in [-0.1, -0.05) is 6.07 Å². The molecule has 2 aromatic carbocycles. The fourth-order valence-electron chi connectivity index (χ4n) is 2.35. The molecule has 0 saturated carbocycles. The van der Waals surface area contributed by atoms with E-state index >= 15 is 0 Å². The summed E-state index contributed by atoms with van der Waals surface area (Å²) in [5.74, 6) is -3.10. The first-order valence-electron chi connectivity index (χ1n) is 8.28. The number of nitrogens with one attached hydrogen (secondary N) is 2. The molecule has 1 heterocycles. The minimum Gasteiger partial charge on any atom is -0.439 e. The third kappa shape index (κ3) is 5.35. The van der Waals surface area contributed by atoms with Crippen molar-refractivity contribution in [2.75, 3.05) is 16.5 Å². The van der Waals surface area contributed by atoms with Gasteiger partial charge in [0.1, 0.15) is 29.6 Å². The fourth-order valence-corrected chi connectivity index (χ4v) is 2.42. The molecule has 2 N–H and O–H groups in total. The number of benzene rings is 2. The van der Waals surface area contributed by atoms with Crippen molar-refractivity contribution < 1.29 is 22.7 Å². The van der Waals surface area contributed by atoms with Gasteiger partial charge in [-0.15, -0.1) is 11.6 Å². The van der Waals surface area contributed by atoms with Crippen LogP contribution in [0, 0.1) is 17.5 Å². The van der Waals surface area contributed by atoms with Crippen LogP contribution in [0.15, 0.2) is 48.8 Å². The second-order valence-corrected chi connectivity index (χ2v) is 6.00. The molecule has 0 unspecified atom stereocenters. The minimum atomic E-state index is -1.26. The summed E-state index contributed by atoms with van der Waals surface area (Å²) in [7, 11) is 0. The Labute approximate surface area is 168 Å². The Kier molecular flexibility index (Phi) is 6.50. The fraction of sp³-hybridized carbons (Fsp3) is 0.105. The quantitative estimate of drug-likeness (QED) is 0.434. The van der Waals surface area contributed by atoms with Gasteiger partial charge in [-0.05, 0) is 24.3 Å². The van der Waals surface area contributed by atoms with E-state index in [4.69, 9.17) is 16.3 Å². The second-order valence-electron chi connectivity index (χ2n) is 5.73. The van der Waals surface area contributed by atoms with Crippen molar-refractivity contribution in [3.05, 3.63) is 71.8 Å². The SMILES string of the molecule is O=C(CCl)Nc1cccc(Oc2cc(NCc3c(F)ccc(F)c3F)ncn2)c1. The molecule has 10 heteroatoms. The number of nitrogens with zero attached hydrogens (tertiary/aromatic N) is 2. The van der Waals surface area contributed by atoms with Gasteiger partial charge in [-0.25, -0.2) is 23.1 Å². The number of anilines is 2. The molecule has 6 nitrogen and oxygen atoms in total. The molecule has 0 saturated heterocycles. The molecule has 0 aliphatic carbocycles. The number of carbonyl (C=O) groups is 1. The van der Waals surface area contributed by atoms with Crippen LogP contribution >= 0.6 is 11.6 Å². The molecular weight excluding hydrogens is 409 g/mol. The summed E-state index contributed by atoms with van der Waals surface area (Å²) in [6.07, 6.45) is 1.19. The second kappa shape index (κ2) is 9.24. The zero-order valence-electron chi connectivity index (χ0n) is 14.8. The van der Waals surface area contributed by atoms with Crippen LogP contribution < -0.4 is 15.4 Å². The number of aromatic nitrogens is 2. The summed E-state index contributed by atoms with van der Waals surface area (Å²) in [5.41, 5.74) is 0.0337. The molecule has 150 valence electrons. The molecular formula is C19H14ClF3N4O2. The summed E-state index contributed by atoms with van der Waals surface area (Å²) >= 11 is 5.46. The van der Waals surface area contributed by atoms with Crippen LogP contribution in [-0.2, 0) is 11.3 Å². The van der Waals surface area contributed by atoms with Crippen LogP contribution in [0.1, 0.15) is 5.56 Å². The van der Waals surface area contributed by atoms with Crippen molar-refractivity contribution in [3.63, 3.8) is 0 Å². The van der Waals surface area contributed by atoms with Crippen LogP contribution in [0.3, 0.4) is 0 Å². The molecule has 0 bridgehead atoms. The zero-order valence-corrected chi connectivity index (χ0v) is 15.5. The van der Waals surface area contributed by atoms with Gasteiger partial charge in [0.05, 0.1) is 0 Å². The van der Waals surface area contributed by atoms with E-state index < -0.39 is 23.0 Å². The molecule has 29 heavy (non-hydrogen) atoms. The largest absolute Gasteiger partial charge is 0.439 e. The monoisotopic (exact) mass is 422 g/mol. The number of hydrogen-bond acceptors (Lipinski definition) is 5. The van der Waals surface area contributed by atoms with Crippen molar-refractivity contribution in [1.29, 1.82) is 0 Å². The maximum absolute atomic E-state index is 13.7. The lowest BCUT2D eigenvalue weighted by Gasteiger charge is -2.10. The van der Waals surface area contributed by atoms with E-state index in [1.165, 1.54) is 12.4 Å². The highest BCUT2D eigenvalue weighted by Crippen LogP contribution is 2.24. The van der Waals surface area contributed by atoms with Gasteiger partial charge >= 0.3 is 0 Å². The van der Waals surface area contributed by atoms with Gasteiger partial charge in [-0.2, -0.15) is 0 Å². The van der Waals surface area contributed by atoms with Gasteiger partial charge in [0, 0.05) is 29.9 Å².